The fourth-order valence-electron chi connectivity index (χ4n) is 3.12. The molecule has 0 radical (unpaired) electrons. The molecule has 0 aromatic heterocycles. The van der Waals surface area contributed by atoms with E-state index in [4.69, 9.17) is 0 Å². The number of amides is 1. The van der Waals surface area contributed by atoms with Gasteiger partial charge in [-0.25, -0.2) is 0 Å². The molecular weight excluding hydrogens is 354 g/mol. The zero-order chi connectivity index (χ0) is 19.6. The van der Waals surface area contributed by atoms with Crippen LogP contribution >= 0.6 is 0 Å². The summed E-state index contributed by atoms with van der Waals surface area (Å²) in [5.41, 5.74) is 1.55. The van der Waals surface area contributed by atoms with Gasteiger partial charge < -0.3 is 20.7 Å². The molecule has 3 N–H and O–H groups in total. The highest BCUT2D eigenvalue weighted by Crippen LogP contribution is 2.22. The monoisotopic (exact) mass is 382 g/mol. The molecule has 1 aliphatic rings. The number of halogens is 2. The number of carbonyl (C=O) groups excluding carboxylic acids is 1. The molecule has 6 nitrogen and oxygen atoms in total. The largest absolute Gasteiger partial charge is 0.434 e. The summed E-state index contributed by atoms with van der Waals surface area (Å²) in [5.74, 6) is 0.652. The van der Waals surface area contributed by atoms with Crippen LogP contribution in [0.3, 0.4) is 0 Å². The molecule has 27 heavy (non-hydrogen) atoms. The van der Waals surface area contributed by atoms with Gasteiger partial charge in [-0.05, 0) is 25.8 Å². The van der Waals surface area contributed by atoms with E-state index in [1.165, 1.54) is 18.9 Å². The molecular formula is C19H28F2N4O2. The lowest BCUT2D eigenvalue weighted by Crippen LogP contribution is -2.40. The van der Waals surface area contributed by atoms with Crippen molar-refractivity contribution in [2.75, 3.05) is 13.6 Å². The zero-order valence-electron chi connectivity index (χ0n) is 15.9. The topological polar surface area (TPSA) is 74.8 Å². The Morgan fingerprint density at radius 1 is 1.30 bits per heavy atom. The molecule has 8 heteroatoms. The number of aliphatic imine (C=N–C) groups is 1. The number of carbonyl (C=O) groups is 1. The third kappa shape index (κ3) is 7.40. The van der Waals surface area contributed by atoms with E-state index < -0.39 is 6.61 Å². The Labute approximate surface area is 158 Å². The number of hydrogen-bond donors (Lipinski definition) is 3. The van der Waals surface area contributed by atoms with Gasteiger partial charge >= 0.3 is 6.61 Å². The van der Waals surface area contributed by atoms with Crippen LogP contribution in [0.1, 0.15) is 43.2 Å². The van der Waals surface area contributed by atoms with Crippen LogP contribution in [0.5, 0.6) is 5.75 Å². The summed E-state index contributed by atoms with van der Waals surface area (Å²) in [7, 11) is 1.61. The molecule has 0 spiro atoms. The van der Waals surface area contributed by atoms with Crippen molar-refractivity contribution in [3.63, 3.8) is 0 Å². The molecule has 1 aliphatic carbocycles. The second kappa shape index (κ2) is 10.7. The molecule has 0 aliphatic heterocycles. The minimum absolute atomic E-state index is 0.0242. The number of nitrogens with one attached hydrogen (secondary N) is 3. The summed E-state index contributed by atoms with van der Waals surface area (Å²) in [6, 6.07) is 5.34. The molecule has 0 bridgehead atoms. The number of rotatable bonds is 8. The average Bonchev–Trinajstić information content (AvgIpc) is 3.12. The summed E-state index contributed by atoms with van der Waals surface area (Å²) in [4.78, 5) is 16.0. The quantitative estimate of drug-likeness (QED) is 0.477. The lowest BCUT2D eigenvalue weighted by atomic mass is 10.1. The smallest absolute Gasteiger partial charge is 0.387 e. The Hall–Kier alpha value is -2.38. The fraction of sp³-hybridized carbons (Fsp3) is 0.579. The van der Waals surface area contributed by atoms with Crippen molar-refractivity contribution in [3.8, 4) is 5.75 Å². The lowest BCUT2D eigenvalue weighted by Gasteiger charge is -2.16. The molecule has 150 valence electrons. The van der Waals surface area contributed by atoms with E-state index >= 15 is 0 Å². The van der Waals surface area contributed by atoms with Crippen LogP contribution in [-0.2, 0) is 11.3 Å². The van der Waals surface area contributed by atoms with Crippen LogP contribution in [-0.4, -0.2) is 38.1 Å². The zero-order valence-corrected chi connectivity index (χ0v) is 15.9. The number of aryl methyl sites for hydroxylation is 1. The molecule has 0 atom stereocenters. The minimum Gasteiger partial charge on any atom is -0.434 e. The van der Waals surface area contributed by atoms with Crippen molar-refractivity contribution < 1.29 is 18.3 Å². The molecule has 0 heterocycles. The molecule has 1 aromatic carbocycles. The van der Waals surface area contributed by atoms with Gasteiger partial charge in [0, 0.05) is 38.2 Å². The summed E-state index contributed by atoms with van der Waals surface area (Å²) < 4.78 is 29.6. The molecule has 1 amide bonds. The molecule has 0 unspecified atom stereocenters. The fourth-order valence-corrected chi connectivity index (χ4v) is 3.12. The lowest BCUT2D eigenvalue weighted by molar-refractivity contribution is -0.121. The first-order chi connectivity index (χ1) is 13.0. The van der Waals surface area contributed by atoms with Crippen LogP contribution in [0.15, 0.2) is 23.2 Å². The highest BCUT2D eigenvalue weighted by molar-refractivity contribution is 5.81. The maximum absolute atomic E-state index is 12.5. The van der Waals surface area contributed by atoms with Gasteiger partial charge in [-0.15, -0.1) is 0 Å². The van der Waals surface area contributed by atoms with Gasteiger partial charge in [0.1, 0.15) is 5.75 Å². The van der Waals surface area contributed by atoms with Crippen LogP contribution in [0.4, 0.5) is 8.78 Å². The molecule has 0 saturated heterocycles. The van der Waals surface area contributed by atoms with Crippen molar-refractivity contribution in [2.24, 2.45) is 4.99 Å². The predicted molar refractivity (Wildman–Crippen MR) is 101 cm³/mol. The second-order valence-electron chi connectivity index (χ2n) is 6.64. The van der Waals surface area contributed by atoms with Crippen molar-refractivity contribution in [2.45, 2.75) is 58.2 Å². The van der Waals surface area contributed by atoms with E-state index in [2.05, 4.69) is 25.7 Å². The third-order valence-electron chi connectivity index (χ3n) is 4.47. The summed E-state index contributed by atoms with van der Waals surface area (Å²) in [6.45, 7) is -0.280. The Balaban J connectivity index is 1.78. The molecule has 1 saturated carbocycles. The average molecular weight is 382 g/mol. The first-order valence-corrected chi connectivity index (χ1v) is 9.26. The number of hydrogen-bond acceptors (Lipinski definition) is 3. The van der Waals surface area contributed by atoms with Gasteiger partial charge in [-0.1, -0.05) is 30.5 Å². The maximum atomic E-state index is 12.5. The minimum atomic E-state index is -2.87. The van der Waals surface area contributed by atoms with Crippen LogP contribution in [0, 0.1) is 6.92 Å². The first-order valence-electron chi connectivity index (χ1n) is 9.26. The molecule has 1 fully saturated rings. The highest BCUT2D eigenvalue weighted by atomic mass is 19.3. The number of guanidine groups is 1. The SMILES string of the molecule is CN=C(NCCC(=O)NC1CCCC1)NCc1cc(C)ccc1OC(F)F. The van der Waals surface area contributed by atoms with Gasteiger partial charge in [0.2, 0.25) is 5.91 Å². The number of alkyl halides is 2. The van der Waals surface area contributed by atoms with E-state index in [9.17, 15) is 13.6 Å². The van der Waals surface area contributed by atoms with Crippen molar-refractivity contribution in [1.29, 1.82) is 0 Å². The Kier molecular flexibility index (Phi) is 8.29. The maximum Gasteiger partial charge on any atom is 0.387 e. The van der Waals surface area contributed by atoms with E-state index in [1.54, 1.807) is 19.2 Å². The number of benzene rings is 1. The van der Waals surface area contributed by atoms with E-state index in [0.717, 1.165) is 18.4 Å². The predicted octanol–water partition coefficient (Wildman–Crippen LogP) is 2.71. The summed E-state index contributed by atoms with van der Waals surface area (Å²) >= 11 is 0. The normalized spacial score (nSPS) is 15.1. The van der Waals surface area contributed by atoms with Crippen molar-refractivity contribution in [1.82, 2.24) is 16.0 Å². The van der Waals surface area contributed by atoms with Crippen molar-refractivity contribution in [3.05, 3.63) is 29.3 Å². The standard InChI is InChI=1S/C19H28F2N4O2/c1-13-7-8-16(27-18(20)21)14(11-13)12-24-19(22-2)23-10-9-17(26)25-15-5-3-4-6-15/h7-8,11,15,18H,3-6,9-10,12H2,1-2H3,(H,25,26)(H2,22,23,24). The van der Waals surface area contributed by atoms with Gasteiger partial charge in [-0.2, -0.15) is 8.78 Å². The molecule has 1 aromatic rings. The Bertz CT molecular complexity index is 647. The van der Waals surface area contributed by atoms with Crippen LogP contribution in [0.25, 0.3) is 0 Å². The highest BCUT2D eigenvalue weighted by Gasteiger charge is 2.16. The summed E-state index contributed by atoms with van der Waals surface area (Å²) in [5, 5.41) is 9.15. The second-order valence-corrected chi connectivity index (χ2v) is 6.64. The van der Waals surface area contributed by atoms with Crippen LogP contribution < -0.4 is 20.7 Å². The van der Waals surface area contributed by atoms with Crippen LogP contribution in [0.2, 0.25) is 0 Å². The van der Waals surface area contributed by atoms with Gasteiger partial charge in [-0.3, -0.25) is 9.79 Å². The molecule has 2 rings (SSSR count). The van der Waals surface area contributed by atoms with Crippen molar-refractivity contribution >= 4 is 11.9 Å². The van der Waals surface area contributed by atoms with Gasteiger partial charge in [0.05, 0.1) is 0 Å². The first kappa shape index (κ1) is 20.9. The van der Waals surface area contributed by atoms with E-state index in [-0.39, 0.29) is 18.2 Å². The van der Waals surface area contributed by atoms with E-state index in [0.29, 0.717) is 30.5 Å². The Morgan fingerprint density at radius 3 is 2.70 bits per heavy atom. The number of ether oxygens (including phenoxy) is 1. The number of nitrogens with zero attached hydrogens (tertiary/aromatic N) is 1. The third-order valence-corrected chi connectivity index (χ3v) is 4.47. The Morgan fingerprint density at radius 2 is 2.04 bits per heavy atom. The summed E-state index contributed by atoms with van der Waals surface area (Å²) in [6.07, 6.45) is 4.82. The van der Waals surface area contributed by atoms with E-state index in [1.807, 2.05) is 6.92 Å². The van der Waals surface area contributed by atoms with Gasteiger partial charge in [0.15, 0.2) is 5.96 Å². The van der Waals surface area contributed by atoms with Gasteiger partial charge in [0.25, 0.3) is 0 Å².